The Morgan fingerprint density at radius 3 is 2.96 bits per heavy atom. The lowest BCUT2D eigenvalue weighted by Crippen LogP contribution is -2.31. The normalized spacial score (nSPS) is 17.9. The summed E-state index contributed by atoms with van der Waals surface area (Å²) in [5.41, 5.74) is 3.60. The summed E-state index contributed by atoms with van der Waals surface area (Å²) in [5.74, 6) is 0.862. The third-order valence-electron chi connectivity index (χ3n) is 5.25. The number of hydrogen-bond acceptors (Lipinski definition) is 5. The minimum Gasteiger partial charge on any atom is -0.293 e. The average Bonchev–Trinajstić information content (AvgIpc) is 3.10. The van der Waals surface area contributed by atoms with Gasteiger partial charge in [0.25, 0.3) is 0 Å². The second-order valence-corrected chi connectivity index (χ2v) is 8.33. The zero-order chi connectivity index (χ0) is 17.3. The molecular weight excluding hydrogens is 340 g/mol. The molecule has 4 nitrogen and oxygen atoms in total. The fourth-order valence-electron chi connectivity index (χ4n) is 3.86. The number of nitrogens with zero attached hydrogens (tertiary/aromatic N) is 4. The van der Waals surface area contributed by atoms with Crippen molar-refractivity contribution in [1.29, 1.82) is 0 Å². The Morgan fingerprint density at radius 2 is 2.08 bits per heavy atom. The molecule has 5 heteroatoms. The van der Waals surface area contributed by atoms with E-state index < -0.39 is 0 Å². The maximum Gasteiger partial charge on any atom is 0.173 e. The third kappa shape index (κ3) is 3.17. The fraction of sp³-hybridized carbons (Fsp3) is 0.381. The van der Waals surface area contributed by atoms with Crippen molar-refractivity contribution < 1.29 is 0 Å². The molecular formula is C21H22N4S. The summed E-state index contributed by atoms with van der Waals surface area (Å²) in [6.07, 6.45) is 6.47. The Hall–Kier alpha value is -2.11. The van der Waals surface area contributed by atoms with E-state index in [4.69, 9.17) is 4.98 Å². The van der Waals surface area contributed by atoms with Crippen LogP contribution in [0.25, 0.3) is 10.1 Å². The van der Waals surface area contributed by atoms with Gasteiger partial charge in [-0.15, -0.1) is 11.3 Å². The molecule has 0 saturated carbocycles. The highest BCUT2D eigenvalue weighted by Gasteiger charge is 2.20. The van der Waals surface area contributed by atoms with Gasteiger partial charge in [0.05, 0.1) is 11.4 Å². The van der Waals surface area contributed by atoms with Gasteiger partial charge in [-0.1, -0.05) is 18.2 Å². The number of benzene rings is 1. The molecule has 26 heavy (non-hydrogen) atoms. The highest BCUT2D eigenvalue weighted by atomic mass is 32.1. The standard InChI is InChI=1S/C21H22N4S/c1-2-7-20-15(5-1)11-17(26-20)14-25-10-8-18-16(13-25)12-23-21(24-18)19-6-3-4-9-22-19/h1-2,5,7,11-12H,3-4,6,8-10,13-14H2. The van der Waals surface area contributed by atoms with Crippen LogP contribution in [0.5, 0.6) is 0 Å². The van der Waals surface area contributed by atoms with Crippen molar-refractivity contribution in [1.82, 2.24) is 14.9 Å². The first-order valence-electron chi connectivity index (χ1n) is 9.43. The zero-order valence-electron chi connectivity index (χ0n) is 14.8. The first kappa shape index (κ1) is 16.1. The minimum atomic E-state index is 0.862. The SMILES string of the molecule is c1ccc2sc(CN3CCc4nc(C5=NCCCC5)ncc4C3)cc2c1. The largest absolute Gasteiger partial charge is 0.293 e. The highest BCUT2D eigenvalue weighted by molar-refractivity contribution is 7.19. The van der Waals surface area contributed by atoms with Crippen LogP contribution in [0, 0.1) is 0 Å². The molecule has 0 aliphatic carbocycles. The molecule has 0 unspecified atom stereocenters. The van der Waals surface area contributed by atoms with Crippen molar-refractivity contribution in [2.75, 3.05) is 13.1 Å². The molecule has 3 aromatic rings. The number of rotatable bonds is 3. The Labute approximate surface area is 157 Å². The van der Waals surface area contributed by atoms with Crippen LogP contribution in [-0.4, -0.2) is 33.7 Å². The lowest BCUT2D eigenvalue weighted by molar-refractivity contribution is 0.245. The Balaban J connectivity index is 1.32. The molecule has 5 rings (SSSR count). The van der Waals surface area contributed by atoms with E-state index in [-0.39, 0.29) is 0 Å². The van der Waals surface area contributed by atoms with Gasteiger partial charge in [-0.05, 0) is 36.8 Å². The summed E-state index contributed by atoms with van der Waals surface area (Å²) in [4.78, 5) is 18.0. The molecule has 2 aromatic heterocycles. The predicted octanol–water partition coefficient (Wildman–Crippen LogP) is 4.22. The van der Waals surface area contributed by atoms with Gasteiger partial charge in [0, 0.05) is 53.9 Å². The molecule has 132 valence electrons. The smallest absolute Gasteiger partial charge is 0.173 e. The lowest BCUT2D eigenvalue weighted by atomic mass is 10.1. The van der Waals surface area contributed by atoms with Crippen LogP contribution in [0.15, 0.2) is 41.5 Å². The van der Waals surface area contributed by atoms with Gasteiger partial charge >= 0.3 is 0 Å². The van der Waals surface area contributed by atoms with Crippen molar-refractivity contribution in [2.24, 2.45) is 4.99 Å². The molecule has 0 saturated heterocycles. The van der Waals surface area contributed by atoms with Crippen LogP contribution in [0.3, 0.4) is 0 Å². The van der Waals surface area contributed by atoms with E-state index in [1.165, 1.54) is 39.1 Å². The lowest BCUT2D eigenvalue weighted by Gasteiger charge is -2.27. The highest BCUT2D eigenvalue weighted by Crippen LogP contribution is 2.28. The molecule has 0 bridgehead atoms. The number of thiophene rings is 1. The van der Waals surface area contributed by atoms with Gasteiger partial charge in [0.1, 0.15) is 0 Å². The maximum absolute atomic E-state index is 4.85. The Bertz CT molecular complexity index is 942. The van der Waals surface area contributed by atoms with Crippen molar-refractivity contribution in [3.05, 3.63) is 58.5 Å². The molecule has 1 aromatic carbocycles. The molecule has 0 fully saturated rings. The summed E-state index contributed by atoms with van der Waals surface area (Å²) in [7, 11) is 0. The van der Waals surface area contributed by atoms with E-state index in [0.717, 1.165) is 50.6 Å². The summed E-state index contributed by atoms with van der Waals surface area (Å²) >= 11 is 1.90. The van der Waals surface area contributed by atoms with E-state index in [2.05, 4.69) is 45.2 Å². The molecule has 0 radical (unpaired) electrons. The fourth-order valence-corrected chi connectivity index (χ4v) is 4.97. The maximum atomic E-state index is 4.85. The van der Waals surface area contributed by atoms with Gasteiger partial charge in [0.15, 0.2) is 5.82 Å². The molecule has 0 N–H and O–H groups in total. The number of hydrogen-bond donors (Lipinski definition) is 0. The minimum absolute atomic E-state index is 0.862. The molecule has 2 aliphatic rings. The van der Waals surface area contributed by atoms with Crippen LogP contribution in [0.2, 0.25) is 0 Å². The summed E-state index contributed by atoms with van der Waals surface area (Å²) in [5, 5.41) is 1.35. The van der Waals surface area contributed by atoms with Crippen molar-refractivity contribution in [3.8, 4) is 0 Å². The summed E-state index contributed by atoms with van der Waals surface area (Å²) in [6.45, 7) is 3.94. The molecule has 2 aliphatic heterocycles. The van der Waals surface area contributed by atoms with E-state index in [1.807, 2.05) is 17.5 Å². The van der Waals surface area contributed by atoms with Gasteiger partial charge in [-0.2, -0.15) is 0 Å². The topological polar surface area (TPSA) is 41.4 Å². The quantitative estimate of drug-likeness (QED) is 0.700. The third-order valence-corrected chi connectivity index (χ3v) is 6.35. The van der Waals surface area contributed by atoms with Crippen LogP contribution >= 0.6 is 11.3 Å². The molecule has 0 atom stereocenters. The van der Waals surface area contributed by atoms with E-state index in [0.29, 0.717) is 0 Å². The second-order valence-electron chi connectivity index (χ2n) is 7.16. The van der Waals surface area contributed by atoms with Crippen molar-refractivity contribution in [3.63, 3.8) is 0 Å². The van der Waals surface area contributed by atoms with Gasteiger partial charge in [0.2, 0.25) is 0 Å². The predicted molar refractivity (Wildman–Crippen MR) is 107 cm³/mol. The van der Waals surface area contributed by atoms with Crippen LogP contribution in [0.4, 0.5) is 0 Å². The average molecular weight is 363 g/mol. The van der Waals surface area contributed by atoms with E-state index >= 15 is 0 Å². The van der Waals surface area contributed by atoms with Gasteiger partial charge in [-0.3, -0.25) is 9.89 Å². The molecule has 4 heterocycles. The van der Waals surface area contributed by atoms with Crippen LogP contribution in [-0.2, 0) is 19.5 Å². The van der Waals surface area contributed by atoms with Crippen molar-refractivity contribution in [2.45, 2.75) is 38.8 Å². The Morgan fingerprint density at radius 1 is 1.12 bits per heavy atom. The number of aromatic nitrogens is 2. The second kappa shape index (κ2) is 6.89. The Kier molecular flexibility index (Phi) is 4.27. The number of fused-ring (bicyclic) bond motifs is 2. The summed E-state index contributed by atoms with van der Waals surface area (Å²) < 4.78 is 1.38. The zero-order valence-corrected chi connectivity index (χ0v) is 15.6. The van der Waals surface area contributed by atoms with Crippen LogP contribution < -0.4 is 0 Å². The molecule has 0 spiro atoms. The summed E-state index contributed by atoms with van der Waals surface area (Å²) in [6, 6.07) is 11.0. The van der Waals surface area contributed by atoms with Crippen molar-refractivity contribution >= 4 is 27.1 Å². The first-order valence-corrected chi connectivity index (χ1v) is 10.2. The number of aliphatic imine (C=N–C) groups is 1. The van der Waals surface area contributed by atoms with Gasteiger partial charge in [-0.25, -0.2) is 9.97 Å². The molecule has 0 amide bonds. The van der Waals surface area contributed by atoms with Crippen LogP contribution in [0.1, 0.15) is 41.2 Å². The first-order chi connectivity index (χ1) is 12.8. The van der Waals surface area contributed by atoms with E-state index in [1.54, 1.807) is 0 Å². The van der Waals surface area contributed by atoms with Gasteiger partial charge < -0.3 is 0 Å². The monoisotopic (exact) mass is 362 g/mol. The van der Waals surface area contributed by atoms with E-state index in [9.17, 15) is 0 Å².